The zero-order chi connectivity index (χ0) is 17.7. The zero-order valence-electron chi connectivity index (χ0n) is 15.5. The quantitative estimate of drug-likeness (QED) is 0.832. The molecule has 0 radical (unpaired) electrons. The van der Waals surface area contributed by atoms with Crippen molar-refractivity contribution in [2.24, 2.45) is 0 Å². The third kappa shape index (κ3) is 2.78. The normalized spacial score (nSPS) is 11.9. The lowest BCUT2D eigenvalue weighted by Gasteiger charge is -2.28. The Labute approximate surface area is 141 Å². The van der Waals surface area contributed by atoms with Crippen molar-refractivity contribution >= 4 is 18.9 Å². The first-order chi connectivity index (χ1) is 10.5. The molecule has 124 valence electrons. The van der Waals surface area contributed by atoms with Gasteiger partial charge in [-0.05, 0) is 99.9 Å². The molecule has 0 aromatic heterocycles. The van der Waals surface area contributed by atoms with E-state index in [-0.39, 0.29) is 0 Å². The number of hydrogen-bond donors (Lipinski definition) is 2. The summed E-state index contributed by atoms with van der Waals surface area (Å²) in [5.41, 5.74) is 8.64. The molecule has 0 spiro atoms. The summed E-state index contributed by atoms with van der Waals surface area (Å²) < 4.78 is 0. The Kier molecular flexibility index (Phi) is 4.59. The Hall–Kier alpha value is -1.42. The van der Waals surface area contributed by atoms with Gasteiger partial charge in [0.05, 0.1) is 0 Å². The molecule has 0 heterocycles. The summed E-state index contributed by atoms with van der Waals surface area (Å²) in [6, 6.07) is 4.13. The lowest BCUT2D eigenvalue weighted by atomic mass is 10.0. The first-order valence-electron chi connectivity index (χ1n) is 8.10. The predicted molar refractivity (Wildman–Crippen MR) is 100 cm³/mol. The van der Waals surface area contributed by atoms with Crippen LogP contribution in [0, 0.1) is 55.4 Å². The van der Waals surface area contributed by atoms with Crippen molar-refractivity contribution in [2.45, 2.75) is 55.4 Å². The summed E-state index contributed by atoms with van der Waals surface area (Å²) in [5.74, 6) is 0. The van der Waals surface area contributed by atoms with E-state index in [4.69, 9.17) is 0 Å². The first kappa shape index (κ1) is 17.9. The van der Waals surface area contributed by atoms with Crippen LogP contribution in [0.2, 0.25) is 0 Å². The van der Waals surface area contributed by atoms with Gasteiger partial charge in [0, 0.05) is 10.4 Å². The second-order valence-electron chi connectivity index (χ2n) is 6.94. The van der Waals surface area contributed by atoms with Gasteiger partial charge >= 0.3 is 8.56 Å². The summed E-state index contributed by atoms with van der Waals surface area (Å²) in [6.07, 6.45) is 0. The van der Waals surface area contributed by atoms with Crippen LogP contribution < -0.4 is 10.4 Å². The lowest BCUT2D eigenvalue weighted by Crippen LogP contribution is -2.63. The molecular weight excluding hydrogens is 300 g/mol. The van der Waals surface area contributed by atoms with Gasteiger partial charge in [-0.1, -0.05) is 12.1 Å². The molecule has 0 aliphatic heterocycles. The molecule has 0 unspecified atom stereocenters. The van der Waals surface area contributed by atoms with E-state index in [0.29, 0.717) is 0 Å². The van der Waals surface area contributed by atoms with Gasteiger partial charge in [-0.25, -0.2) is 0 Å². The van der Waals surface area contributed by atoms with Crippen molar-refractivity contribution in [3.63, 3.8) is 0 Å². The van der Waals surface area contributed by atoms with E-state index in [9.17, 15) is 9.59 Å². The minimum Gasteiger partial charge on any atom is -0.404 e. The molecule has 0 aliphatic carbocycles. The largest absolute Gasteiger partial charge is 0.404 e. The highest BCUT2D eigenvalue weighted by atomic mass is 28.4. The average molecular weight is 329 g/mol. The Morgan fingerprint density at radius 3 is 1.13 bits per heavy atom. The van der Waals surface area contributed by atoms with Gasteiger partial charge < -0.3 is 9.59 Å². The average Bonchev–Trinajstić information content (AvgIpc) is 2.41. The highest BCUT2D eigenvalue weighted by Gasteiger charge is 2.41. The number of hydrogen-bond acceptors (Lipinski definition) is 2. The maximum absolute atomic E-state index is 11.3. The summed E-state index contributed by atoms with van der Waals surface area (Å²) in [6.45, 7) is 16.2. The van der Waals surface area contributed by atoms with Gasteiger partial charge in [-0.2, -0.15) is 0 Å². The fourth-order valence-corrected chi connectivity index (χ4v) is 6.68. The molecule has 0 saturated heterocycles. The van der Waals surface area contributed by atoms with Gasteiger partial charge in [0.2, 0.25) is 0 Å². The van der Waals surface area contributed by atoms with Gasteiger partial charge in [-0.15, -0.1) is 0 Å². The molecule has 0 fully saturated rings. The Balaban J connectivity index is 2.85. The van der Waals surface area contributed by atoms with E-state index in [1.54, 1.807) is 0 Å². The standard InChI is InChI=1S/C20H28O2Si/c1-11-9-13(3)19(17(7)15(11)5)23(21,22)20-14(4)10-12(2)16(6)18(20)8/h9-10,21-22H,1-8H3. The fourth-order valence-electron chi connectivity index (χ4n) is 3.77. The molecule has 23 heavy (non-hydrogen) atoms. The first-order valence-corrected chi connectivity index (χ1v) is 10.00. The minimum absolute atomic E-state index is 0.745. The zero-order valence-corrected chi connectivity index (χ0v) is 16.5. The van der Waals surface area contributed by atoms with Crippen molar-refractivity contribution in [1.29, 1.82) is 0 Å². The minimum atomic E-state index is -3.74. The molecule has 2 rings (SSSR count). The molecule has 3 heteroatoms. The van der Waals surface area contributed by atoms with Crippen LogP contribution in [0.3, 0.4) is 0 Å². The van der Waals surface area contributed by atoms with Crippen molar-refractivity contribution in [3.05, 3.63) is 56.6 Å². The molecule has 0 aliphatic rings. The maximum atomic E-state index is 11.3. The molecule has 0 saturated carbocycles. The molecular formula is C20H28O2Si. The number of benzene rings is 2. The van der Waals surface area contributed by atoms with E-state index >= 15 is 0 Å². The Morgan fingerprint density at radius 1 is 0.522 bits per heavy atom. The summed E-state index contributed by atoms with van der Waals surface area (Å²) in [5, 5.41) is 1.49. The molecule has 2 aromatic rings. The van der Waals surface area contributed by atoms with Gasteiger partial charge in [0.15, 0.2) is 0 Å². The fraction of sp³-hybridized carbons (Fsp3) is 0.400. The van der Waals surface area contributed by atoms with Crippen LogP contribution in [0.25, 0.3) is 0 Å². The molecule has 0 bridgehead atoms. The molecule has 2 nitrogen and oxygen atoms in total. The van der Waals surface area contributed by atoms with Crippen LogP contribution in [0.5, 0.6) is 0 Å². The second kappa shape index (κ2) is 5.89. The van der Waals surface area contributed by atoms with Crippen LogP contribution in [0.15, 0.2) is 12.1 Å². The van der Waals surface area contributed by atoms with Crippen LogP contribution in [-0.4, -0.2) is 18.2 Å². The van der Waals surface area contributed by atoms with E-state index in [0.717, 1.165) is 43.8 Å². The monoisotopic (exact) mass is 328 g/mol. The summed E-state index contributed by atoms with van der Waals surface area (Å²) >= 11 is 0. The third-order valence-electron chi connectivity index (χ3n) is 5.41. The smallest absolute Gasteiger partial charge is 0.402 e. The van der Waals surface area contributed by atoms with Crippen LogP contribution in [-0.2, 0) is 0 Å². The van der Waals surface area contributed by atoms with Gasteiger partial charge in [0.1, 0.15) is 0 Å². The lowest BCUT2D eigenvalue weighted by molar-refractivity contribution is 0.400. The summed E-state index contributed by atoms with van der Waals surface area (Å²) in [4.78, 5) is 22.6. The highest BCUT2D eigenvalue weighted by Crippen LogP contribution is 2.20. The molecule has 0 atom stereocenters. The van der Waals surface area contributed by atoms with Crippen LogP contribution in [0.4, 0.5) is 0 Å². The Bertz CT molecular complexity index is 724. The molecule has 2 N–H and O–H groups in total. The predicted octanol–water partition coefficient (Wildman–Crippen LogP) is 2.69. The molecule has 0 amide bonds. The molecule has 2 aromatic carbocycles. The second-order valence-corrected chi connectivity index (χ2v) is 9.29. The Morgan fingerprint density at radius 2 is 0.826 bits per heavy atom. The van der Waals surface area contributed by atoms with E-state index < -0.39 is 8.56 Å². The van der Waals surface area contributed by atoms with E-state index in [1.807, 2.05) is 27.7 Å². The van der Waals surface area contributed by atoms with Crippen LogP contribution >= 0.6 is 0 Å². The van der Waals surface area contributed by atoms with Crippen molar-refractivity contribution in [2.75, 3.05) is 0 Å². The maximum Gasteiger partial charge on any atom is 0.402 e. The SMILES string of the molecule is Cc1cc(C)c([Si](O)(O)c2c(C)cc(C)c(C)c2C)c(C)c1C. The van der Waals surface area contributed by atoms with Crippen molar-refractivity contribution in [3.8, 4) is 0 Å². The number of rotatable bonds is 2. The van der Waals surface area contributed by atoms with Crippen molar-refractivity contribution < 1.29 is 9.59 Å². The van der Waals surface area contributed by atoms with Crippen LogP contribution in [0.1, 0.15) is 44.5 Å². The van der Waals surface area contributed by atoms with Crippen molar-refractivity contribution in [1.82, 2.24) is 0 Å². The highest BCUT2D eigenvalue weighted by molar-refractivity contribution is 6.91. The van der Waals surface area contributed by atoms with E-state index in [1.165, 1.54) is 11.1 Å². The third-order valence-corrected chi connectivity index (χ3v) is 8.34. The van der Waals surface area contributed by atoms with Gasteiger partial charge in [-0.3, -0.25) is 0 Å². The topological polar surface area (TPSA) is 40.5 Å². The summed E-state index contributed by atoms with van der Waals surface area (Å²) in [7, 11) is -3.74. The van der Waals surface area contributed by atoms with E-state index in [2.05, 4.69) is 39.8 Å². The van der Waals surface area contributed by atoms with Gasteiger partial charge in [0.25, 0.3) is 0 Å². The number of aryl methyl sites for hydroxylation is 4.